The molecule has 0 spiro atoms. The molecule has 8 nitrogen and oxygen atoms in total. The van der Waals surface area contributed by atoms with Crippen molar-refractivity contribution in [3.8, 4) is 6.01 Å². The number of carbonyl (C=O) groups is 1. The zero-order valence-corrected chi connectivity index (χ0v) is 19.9. The maximum absolute atomic E-state index is 13.2. The minimum Gasteiger partial charge on any atom is -0.462 e. The molecule has 1 aromatic carbocycles. The van der Waals surface area contributed by atoms with Crippen LogP contribution in [0, 0.1) is 0 Å². The Bertz CT molecular complexity index is 1040. The van der Waals surface area contributed by atoms with Crippen LogP contribution < -0.4 is 15.0 Å². The number of nitrogens with zero attached hydrogens (tertiary/aromatic N) is 5. The standard InChI is InChI=1S/C26H34N6O2/c1-30-11-5-8-21(30)17-34-26-28-23-16-31(13-18-6-3-2-4-7-18)24(33)12-22(23)25(29-26)32-14-19-9-10-20(15-32)27-19/h2-4,6-7,19-21,27H,5,8-17H2,1H3/t19?,20?,21-/m0/s1. The number of likely N-dealkylation sites (tertiary alicyclic amines) is 1. The summed E-state index contributed by atoms with van der Waals surface area (Å²) in [4.78, 5) is 29.5. The van der Waals surface area contributed by atoms with Crippen LogP contribution in [-0.4, -0.2) is 77.1 Å². The maximum atomic E-state index is 13.2. The van der Waals surface area contributed by atoms with Crippen molar-refractivity contribution >= 4 is 11.7 Å². The molecular formula is C26H34N6O2. The van der Waals surface area contributed by atoms with Gasteiger partial charge in [0.25, 0.3) is 0 Å². The summed E-state index contributed by atoms with van der Waals surface area (Å²) in [6.07, 6.45) is 5.11. The molecule has 3 fully saturated rings. The van der Waals surface area contributed by atoms with Gasteiger partial charge in [-0.3, -0.25) is 4.79 Å². The van der Waals surface area contributed by atoms with Crippen molar-refractivity contribution in [3.63, 3.8) is 0 Å². The maximum Gasteiger partial charge on any atom is 0.318 e. The predicted octanol–water partition coefficient (Wildman–Crippen LogP) is 1.98. The Kier molecular flexibility index (Phi) is 5.87. The number of anilines is 1. The van der Waals surface area contributed by atoms with Crippen LogP contribution in [0.1, 0.15) is 42.5 Å². The first kappa shape index (κ1) is 21.8. The van der Waals surface area contributed by atoms with Gasteiger partial charge in [-0.2, -0.15) is 9.97 Å². The quantitative estimate of drug-likeness (QED) is 0.704. The van der Waals surface area contributed by atoms with Crippen molar-refractivity contribution in [1.82, 2.24) is 25.1 Å². The van der Waals surface area contributed by atoms with Crippen LogP contribution in [0.4, 0.5) is 5.82 Å². The van der Waals surface area contributed by atoms with E-state index < -0.39 is 0 Å². The molecule has 2 aromatic rings. The predicted molar refractivity (Wildman–Crippen MR) is 130 cm³/mol. The number of amides is 1. The average Bonchev–Trinajstić information content (AvgIpc) is 3.42. The van der Waals surface area contributed by atoms with Crippen molar-refractivity contribution in [1.29, 1.82) is 0 Å². The van der Waals surface area contributed by atoms with Gasteiger partial charge in [0, 0.05) is 43.3 Å². The molecule has 180 valence electrons. The number of benzene rings is 1. The number of nitrogens with one attached hydrogen (secondary N) is 1. The number of piperazine rings is 1. The monoisotopic (exact) mass is 462 g/mol. The van der Waals surface area contributed by atoms with Gasteiger partial charge in [-0.25, -0.2) is 0 Å². The molecule has 0 aliphatic carbocycles. The lowest BCUT2D eigenvalue weighted by Crippen LogP contribution is -2.52. The Labute approximate surface area is 201 Å². The number of fused-ring (bicyclic) bond motifs is 3. The van der Waals surface area contributed by atoms with E-state index in [0.29, 0.717) is 50.3 Å². The number of hydrogen-bond acceptors (Lipinski definition) is 7. The van der Waals surface area contributed by atoms with Crippen LogP contribution in [-0.2, 0) is 24.3 Å². The Balaban J connectivity index is 1.29. The van der Waals surface area contributed by atoms with Gasteiger partial charge in [-0.05, 0) is 44.8 Å². The van der Waals surface area contributed by atoms with E-state index in [4.69, 9.17) is 14.7 Å². The first-order valence-corrected chi connectivity index (χ1v) is 12.7. The zero-order chi connectivity index (χ0) is 23.1. The third-order valence-corrected chi connectivity index (χ3v) is 7.88. The van der Waals surface area contributed by atoms with Crippen LogP contribution in [0.5, 0.6) is 6.01 Å². The average molecular weight is 463 g/mol. The fourth-order valence-corrected chi connectivity index (χ4v) is 5.94. The topological polar surface area (TPSA) is 73.8 Å². The fourth-order valence-electron chi connectivity index (χ4n) is 5.94. The number of carbonyl (C=O) groups excluding carboxylic acids is 1. The van der Waals surface area contributed by atoms with Crippen molar-refractivity contribution in [3.05, 3.63) is 47.2 Å². The van der Waals surface area contributed by atoms with Gasteiger partial charge in [0.2, 0.25) is 5.91 Å². The van der Waals surface area contributed by atoms with Crippen molar-refractivity contribution in [2.45, 2.75) is 63.3 Å². The smallest absolute Gasteiger partial charge is 0.318 e. The molecule has 3 atom stereocenters. The SMILES string of the molecule is CN1CCC[C@H]1COc1nc2c(c(N3CC4CCC(C3)N4)n1)CC(=O)N(Cc1ccccc1)C2. The fraction of sp³-hybridized carbons (Fsp3) is 0.577. The lowest BCUT2D eigenvalue weighted by molar-refractivity contribution is -0.132. The normalized spacial score (nSPS) is 26.7. The molecule has 1 N–H and O–H groups in total. The zero-order valence-electron chi connectivity index (χ0n) is 19.9. The Morgan fingerprint density at radius 2 is 1.88 bits per heavy atom. The Morgan fingerprint density at radius 3 is 2.62 bits per heavy atom. The molecule has 3 saturated heterocycles. The molecule has 0 radical (unpaired) electrons. The van der Waals surface area contributed by atoms with Gasteiger partial charge in [-0.15, -0.1) is 0 Å². The molecule has 2 unspecified atom stereocenters. The number of ether oxygens (including phenoxy) is 1. The van der Waals surface area contributed by atoms with Crippen LogP contribution in [0.15, 0.2) is 30.3 Å². The molecule has 2 bridgehead atoms. The second-order valence-electron chi connectivity index (χ2n) is 10.3. The molecule has 4 aliphatic heterocycles. The number of likely N-dealkylation sites (N-methyl/N-ethyl adjacent to an activating group) is 1. The van der Waals surface area contributed by atoms with Gasteiger partial charge in [0.15, 0.2) is 0 Å². The summed E-state index contributed by atoms with van der Waals surface area (Å²) >= 11 is 0. The van der Waals surface area contributed by atoms with E-state index in [9.17, 15) is 4.79 Å². The van der Waals surface area contributed by atoms with E-state index in [1.807, 2.05) is 23.1 Å². The van der Waals surface area contributed by atoms with Crippen LogP contribution >= 0.6 is 0 Å². The van der Waals surface area contributed by atoms with Gasteiger partial charge >= 0.3 is 6.01 Å². The summed E-state index contributed by atoms with van der Waals surface area (Å²) in [5, 5.41) is 3.70. The van der Waals surface area contributed by atoms with Gasteiger partial charge in [-0.1, -0.05) is 30.3 Å². The van der Waals surface area contributed by atoms with E-state index in [1.54, 1.807) is 0 Å². The highest BCUT2D eigenvalue weighted by atomic mass is 16.5. The molecule has 6 rings (SSSR count). The van der Waals surface area contributed by atoms with Gasteiger partial charge in [0.1, 0.15) is 12.4 Å². The summed E-state index contributed by atoms with van der Waals surface area (Å²) in [5.41, 5.74) is 3.05. The highest BCUT2D eigenvalue weighted by Crippen LogP contribution is 2.33. The third kappa shape index (κ3) is 4.36. The second kappa shape index (κ2) is 9.15. The van der Waals surface area contributed by atoms with E-state index >= 15 is 0 Å². The van der Waals surface area contributed by atoms with Crippen LogP contribution in [0.2, 0.25) is 0 Å². The Morgan fingerprint density at radius 1 is 1.09 bits per heavy atom. The molecule has 5 heterocycles. The molecule has 1 aromatic heterocycles. The summed E-state index contributed by atoms with van der Waals surface area (Å²) in [6.45, 7) is 4.66. The first-order valence-electron chi connectivity index (χ1n) is 12.7. The molecule has 0 saturated carbocycles. The lowest BCUT2D eigenvalue weighted by atomic mass is 10.0. The van der Waals surface area contributed by atoms with E-state index in [1.165, 1.54) is 19.3 Å². The highest BCUT2D eigenvalue weighted by molar-refractivity contribution is 5.82. The van der Waals surface area contributed by atoms with Crippen LogP contribution in [0.25, 0.3) is 0 Å². The highest BCUT2D eigenvalue weighted by Gasteiger charge is 2.36. The lowest BCUT2D eigenvalue weighted by Gasteiger charge is -2.37. The largest absolute Gasteiger partial charge is 0.462 e. The first-order chi connectivity index (χ1) is 16.6. The van der Waals surface area contributed by atoms with Crippen LogP contribution in [0.3, 0.4) is 0 Å². The van der Waals surface area contributed by atoms with Crippen molar-refractivity contribution in [2.75, 3.05) is 38.2 Å². The van der Waals surface area contributed by atoms with Crippen molar-refractivity contribution < 1.29 is 9.53 Å². The van der Waals surface area contributed by atoms with Gasteiger partial charge in [0.05, 0.1) is 18.7 Å². The second-order valence-corrected chi connectivity index (χ2v) is 10.3. The molecule has 34 heavy (non-hydrogen) atoms. The summed E-state index contributed by atoms with van der Waals surface area (Å²) < 4.78 is 6.20. The minimum atomic E-state index is 0.139. The Hall–Kier alpha value is -2.71. The molecule has 1 amide bonds. The molecular weight excluding hydrogens is 428 g/mol. The van der Waals surface area contributed by atoms with E-state index in [0.717, 1.165) is 48.7 Å². The molecule has 4 aliphatic rings. The number of hydrogen-bond donors (Lipinski definition) is 1. The summed E-state index contributed by atoms with van der Waals surface area (Å²) in [6, 6.07) is 12.0. The minimum absolute atomic E-state index is 0.139. The molecule has 8 heteroatoms. The summed E-state index contributed by atoms with van der Waals surface area (Å²) in [7, 11) is 2.16. The van der Waals surface area contributed by atoms with Crippen molar-refractivity contribution in [2.24, 2.45) is 0 Å². The van der Waals surface area contributed by atoms with Gasteiger partial charge < -0.3 is 24.8 Å². The van der Waals surface area contributed by atoms with E-state index in [-0.39, 0.29) is 5.91 Å². The number of aromatic nitrogens is 2. The van der Waals surface area contributed by atoms with E-state index in [2.05, 4.69) is 34.3 Å². The summed E-state index contributed by atoms with van der Waals surface area (Å²) in [5.74, 6) is 1.05. The third-order valence-electron chi connectivity index (χ3n) is 7.88. The number of rotatable bonds is 6.